The molecular formula is C14H16N2O3. The zero-order chi connectivity index (χ0) is 13.7. The second-order valence-electron chi connectivity index (χ2n) is 3.75. The van der Waals surface area contributed by atoms with Crippen molar-refractivity contribution in [2.24, 2.45) is 0 Å². The molecule has 0 aliphatic heterocycles. The molecule has 0 unspecified atom stereocenters. The van der Waals surface area contributed by atoms with Gasteiger partial charge in [-0.3, -0.25) is 0 Å². The summed E-state index contributed by atoms with van der Waals surface area (Å²) in [7, 11) is 1.54. The van der Waals surface area contributed by atoms with Gasteiger partial charge < -0.3 is 19.9 Å². The molecule has 0 bridgehead atoms. The lowest BCUT2D eigenvalue weighted by molar-refractivity contribution is 0.339. The minimum Gasteiger partial charge on any atom is -0.494 e. The van der Waals surface area contributed by atoms with Crippen LogP contribution in [-0.4, -0.2) is 18.7 Å². The molecule has 0 saturated carbocycles. The van der Waals surface area contributed by atoms with Gasteiger partial charge >= 0.3 is 0 Å². The maximum Gasteiger partial charge on any atom is 0.246 e. The lowest BCUT2D eigenvalue weighted by Crippen LogP contribution is -1.97. The van der Waals surface area contributed by atoms with Crippen molar-refractivity contribution < 1.29 is 14.2 Å². The lowest BCUT2D eigenvalue weighted by Gasteiger charge is -2.09. The molecule has 19 heavy (non-hydrogen) atoms. The summed E-state index contributed by atoms with van der Waals surface area (Å²) in [6.07, 6.45) is 0. The van der Waals surface area contributed by atoms with E-state index in [9.17, 15) is 0 Å². The van der Waals surface area contributed by atoms with Gasteiger partial charge in [0.1, 0.15) is 11.5 Å². The maximum atomic E-state index is 5.80. The van der Waals surface area contributed by atoms with E-state index in [2.05, 4.69) is 4.98 Å². The average Bonchev–Trinajstić information content (AvgIpc) is 2.44. The summed E-state index contributed by atoms with van der Waals surface area (Å²) in [6.45, 7) is 2.57. The Bertz CT molecular complexity index is 541. The van der Waals surface area contributed by atoms with Crippen molar-refractivity contribution in [3.05, 3.63) is 36.4 Å². The summed E-state index contributed by atoms with van der Waals surface area (Å²) in [5.41, 5.74) is 6.26. The first-order valence-corrected chi connectivity index (χ1v) is 5.94. The first-order chi connectivity index (χ1) is 9.22. The third-order valence-corrected chi connectivity index (χ3v) is 2.42. The van der Waals surface area contributed by atoms with Crippen LogP contribution in [0.2, 0.25) is 0 Å². The first kappa shape index (κ1) is 13.0. The molecular weight excluding hydrogens is 244 g/mol. The molecule has 2 aromatic rings. The van der Waals surface area contributed by atoms with Gasteiger partial charge in [-0.15, -0.1) is 0 Å². The predicted molar refractivity (Wildman–Crippen MR) is 72.9 cm³/mol. The van der Waals surface area contributed by atoms with Crippen LogP contribution in [0, 0.1) is 0 Å². The zero-order valence-corrected chi connectivity index (χ0v) is 10.9. The number of nitrogen functional groups attached to an aromatic ring is 1. The van der Waals surface area contributed by atoms with E-state index in [1.807, 2.05) is 19.1 Å². The van der Waals surface area contributed by atoms with E-state index in [0.29, 0.717) is 29.8 Å². The van der Waals surface area contributed by atoms with Crippen LogP contribution >= 0.6 is 0 Å². The number of methoxy groups -OCH3 is 1. The van der Waals surface area contributed by atoms with Crippen molar-refractivity contribution in [1.29, 1.82) is 0 Å². The summed E-state index contributed by atoms with van der Waals surface area (Å²) in [6, 6.07) is 10.6. The topological polar surface area (TPSA) is 66.6 Å². The van der Waals surface area contributed by atoms with Gasteiger partial charge in [0.25, 0.3) is 0 Å². The molecule has 100 valence electrons. The summed E-state index contributed by atoms with van der Waals surface area (Å²) >= 11 is 0. The number of pyridine rings is 1. The van der Waals surface area contributed by atoms with Gasteiger partial charge in [-0.25, -0.2) is 0 Å². The van der Waals surface area contributed by atoms with Crippen LogP contribution in [0.25, 0.3) is 0 Å². The summed E-state index contributed by atoms with van der Waals surface area (Å²) in [5.74, 6) is 2.20. The second-order valence-corrected chi connectivity index (χ2v) is 3.75. The molecule has 1 aromatic carbocycles. The number of ether oxygens (including phenoxy) is 3. The molecule has 0 radical (unpaired) electrons. The van der Waals surface area contributed by atoms with Gasteiger partial charge in [0.15, 0.2) is 0 Å². The van der Waals surface area contributed by atoms with Crippen LogP contribution in [0.15, 0.2) is 36.4 Å². The van der Waals surface area contributed by atoms with Gasteiger partial charge in [-0.1, -0.05) is 0 Å². The van der Waals surface area contributed by atoms with Gasteiger partial charge in [0.2, 0.25) is 11.8 Å². The fourth-order valence-electron chi connectivity index (χ4n) is 1.51. The van der Waals surface area contributed by atoms with E-state index < -0.39 is 0 Å². The van der Waals surface area contributed by atoms with E-state index in [1.165, 1.54) is 0 Å². The van der Waals surface area contributed by atoms with Gasteiger partial charge in [0, 0.05) is 6.07 Å². The van der Waals surface area contributed by atoms with E-state index in [0.717, 1.165) is 5.75 Å². The van der Waals surface area contributed by atoms with E-state index in [-0.39, 0.29) is 0 Å². The number of rotatable bonds is 5. The maximum absolute atomic E-state index is 5.80. The van der Waals surface area contributed by atoms with Gasteiger partial charge in [-0.2, -0.15) is 4.98 Å². The van der Waals surface area contributed by atoms with Gasteiger partial charge in [-0.05, 0) is 37.3 Å². The average molecular weight is 260 g/mol. The standard InChI is InChI=1S/C14H16N2O3/c1-3-18-10-4-6-11(7-5-10)19-14-12(15)8-9-13(16-14)17-2/h4-9H,3,15H2,1-2H3. The Balaban J connectivity index is 2.16. The highest BCUT2D eigenvalue weighted by Crippen LogP contribution is 2.28. The number of hydrogen-bond acceptors (Lipinski definition) is 5. The Morgan fingerprint density at radius 2 is 1.74 bits per heavy atom. The Hall–Kier alpha value is -2.43. The third kappa shape index (κ3) is 3.28. The molecule has 1 aromatic heterocycles. The lowest BCUT2D eigenvalue weighted by atomic mass is 10.3. The highest BCUT2D eigenvalue weighted by atomic mass is 16.5. The van der Waals surface area contributed by atoms with E-state index >= 15 is 0 Å². The molecule has 0 aliphatic carbocycles. The van der Waals surface area contributed by atoms with Crippen molar-refractivity contribution in [2.75, 3.05) is 19.5 Å². The van der Waals surface area contributed by atoms with Gasteiger partial charge in [0.05, 0.1) is 19.4 Å². The molecule has 2 N–H and O–H groups in total. The monoisotopic (exact) mass is 260 g/mol. The van der Waals surface area contributed by atoms with Crippen LogP contribution in [0.1, 0.15) is 6.92 Å². The number of aromatic nitrogens is 1. The molecule has 0 spiro atoms. The number of benzene rings is 1. The van der Waals surface area contributed by atoms with Crippen LogP contribution in [0.3, 0.4) is 0 Å². The Labute approximate surface area is 111 Å². The van der Waals surface area contributed by atoms with Crippen molar-refractivity contribution >= 4 is 5.69 Å². The van der Waals surface area contributed by atoms with Crippen LogP contribution in [0.4, 0.5) is 5.69 Å². The SMILES string of the molecule is CCOc1ccc(Oc2nc(OC)ccc2N)cc1. The summed E-state index contributed by atoms with van der Waals surface area (Å²) in [5, 5.41) is 0. The normalized spacial score (nSPS) is 10.0. The highest BCUT2D eigenvalue weighted by Gasteiger charge is 2.06. The third-order valence-electron chi connectivity index (χ3n) is 2.42. The Kier molecular flexibility index (Phi) is 4.07. The number of nitrogens with zero attached hydrogens (tertiary/aromatic N) is 1. The first-order valence-electron chi connectivity index (χ1n) is 5.94. The molecule has 0 amide bonds. The molecule has 0 atom stereocenters. The zero-order valence-electron chi connectivity index (χ0n) is 10.9. The minimum absolute atomic E-state index is 0.323. The van der Waals surface area contributed by atoms with Crippen LogP contribution < -0.4 is 19.9 Å². The molecule has 5 nitrogen and oxygen atoms in total. The largest absolute Gasteiger partial charge is 0.494 e. The predicted octanol–water partition coefficient (Wildman–Crippen LogP) is 2.86. The van der Waals surface area contributed by atoms with Crippen molar-refractivity contribution in [3.63, 3.8) is 0 Å². The van der Waals surface area contributed by atoms with Crippen molar-refractivity contribution in [3.8, 4) is 23.3 Å². The van der Waals surface area contributed by atoms with Crippen LogP contribution in [0.5, 0.6) is 23.3 Å². The van der Waals surface area contributed by atoms with Crippen molar-refractivity contribution in [1.82, 2.24) is 4.98 Å². The number of nitrogens with two attached hydrogens (primary N) is 1. The fourth-order valence-corrected chi connectivity index (χ4v) is 1.51. The quantitative estimate of drug-likeness (QED) is 0.895. The van der Waals surface area contributed by atoms with Crippen LogP contribution in [-0.2, 0) is 0 Å². The minimum atomic E-state index is 0.323. The second kappa shape index (κ2) is 5.95. The smallest absolute Gasteiger partial charge is 0.246 e. The molecule has 0 aliphatic rings. The molecule has 2 rings (SSSR count). The number of hydrogen-bond donors (Lipinski definition) is 1. The summed E-state index contributed by atoms with van der Waals surface area (Å²) in [4.78, 5) is 4.14. The van der Waals surface area contributed by atoms with Crippen molar-refractivity contribution in [2.45, 2.75) is 6.92 Å². The van der Waals surface area contributed by atoms with E-state index in [1.54, 1.807) is 31.4 Å². The Morgan fingerprint density at radius 3 is 2.37 bits per heavy atom. The fraction of sp³-hybridized carbons (Fsp3) is 0.214. The Morgan fingerprint density at radius 1 is 1.05 bits per heavy atom. The van der Waals surface area contributed by atoms with E-state index in [4.69, 9.17) is 19.9 Å². The molecule has 0 saturated heterocycles. The number of anilines is 1. The molecule has 1 heterocycles. The molecule has 5 heteroatoms. The highest BCUT2D eigenvalue weighted by molar-refractivity contribution is 5.51. The molecule has 0 fully saturated rings. The summed E-state index contributed by atoms with van der Waals surface area (Å²) < 4.78 is 16.0.